The number of amides is 2. The van der Waals surface area contributed by atoms with Crippen LogP contribution in [0.4, 0.5) is 10.5 Å². The number of aryl methyl sites for hydroxylation is 1. The number of ether oxygens (including phenoxy) is 2. The summed E-state index contributed by atoms with van der Waals surface area (Å²) in [7, 11) is 0. The smallest absolute Gasteiger partial charge is 0.427 e. The second-order valence-corrected chi connectivity index (χ2v) is 7.10. The summed E-state index contributed by atoms with van der Waals surface area (Å²) in [6, 6.07) is 17.3. The lowest BCUT2D eigenvalue weighted by molar-refractivity contribution is -0.119. The lowest BCUT2D eigenvalue weighted by atomic mass is 10.0. The van der Waals surface area contributed by atoms with Gasteiger partial charge in [0.25, 0.3) is 0 Å². The third-order valence-corrected chi connectivity index (χ3v) is 4.22. The molecule has 2 aromatic rings. The first-order valence-corrected chi connectivity index (χ1v) is 8.97. The Morgan fingerprint density at radius 3 is 2.56 bits per heavy atom. The average Bonchev–Trinajstić information content (AvgIpc) is 2.64. The second kappa shape index (κ2) is 8.22. The van der Waals surface area contributed by atoms with Crippen molar-refractivity contribution in [3.05, 3.63) is 65.7 Å². The Labute approximate surface area is 159 Å². The fourth-order valence-electron chi connectivity index (χ4n) is 2.93. The Hall–Kier alpha value is -2.86. The van der Waals surface area contributed by atoms with Gasteiger partial charge in [-0.3, -0.25) is 4.79 Å². The van der Waals surface area contributed by atoms with Crippen molar-refractivity contribution < 1.29 is 19.1 Å². The molecule has 2 amide bonds. The molecule has 0 aliphatic carbocycles. The van der Waals surface area contributed by atoms with E-state index in [4.69, 9.17) is 9.47 Å². The second-order valence-electron chi connectivity index (χ2n) is 7.10. The van der Waals surface area contributed by atoms with E-state index in [1.54, 1.807) is 19.9 Å². The third kappa shape index (κ3) is 5.08. The van der Waals surface area contributed by atoms with E-state index in [-0.39, 0.29) is 12.5 Å². The molecule has 0 bridgehead atoms. The van der Waals surface area contributed by atoms with Crippen molar-refractivity contribution in [3.63, 3.8) is 0 Å². The number of para-hydroxylation sites is 1. The van der Waals surface area contributed by atoms with Crippen molar-refractivity contribution >= 4 is 17.7 Å². The number of benzene rings is 2. The molecule has 0 fully saturated rings. The summed E-state index contributed by atoms with van der Waals surface area (Å²) in [6.07, 6.45) is 0.329. The van der Waals surface area contributed by atoms with E-state index in [0.717, 1.165) is 11.1 Å². The molecule has 6 heteroatoms. The van der Waals surface area contributed by atoms with Crippen LogP contribution < -0.4 is 10.4 Å². The molecule has 3 rings (SSSR count). The molecule has 1 N–H and O–H groups in total. The molecule has 0 radical (unpaired) electrons. The minimum atomic E-state index is -0.836. The maximum atomic E-state index is 12.3. The number of hydrogen-bond acceptors (Lipinski definition) is 4. The zero-order valence-corrected chi connectivity index (χ0v) is 15.6. The van der Waals surface area contributed by atoms with Crippen molar-refractivity contribution in [1.29, 1.82) is 0 Å². The van der Waals surface area contributed by atoms with E-state index in [0.29, 0.717) is 25.1 Å². The quantitative estimate of drug-likeness (QED) is 0.846. The molecular weight excluding hydrogens is 344 g/mol. The van der Waals surface area contributed by atoms with E-state index in [9.17, 15) is 9.59 Å². The summed E-state index contributed by atoms with van der Waals surface area (Å²) < 4.78 is 11.1. The number of fused-ring (bicyclic) bond motifs is 1. The van der Waals surface area contributed by atoms with Crippen molar-refractivity contribution in [2.45, 2.75) is 38.9 Å². The number of anilines is 1. The molecule has 0 aromatic heterocycles. The number of carbonyl (C=O) groups excluding carboxylic acids is 2. The van der Waals surface area contributed by atoms with Gasteiger partial charge in [0.1, 0.15) is 5.60 Å². The zero-order chi connectivity index (χ0) is 19.3. The molecule has 0 spiro atoms. The first-order chi connectivity index (χ1) is 12.9. The Morgan fingerprint density at radius 1 is 1.07 bits per heavy atom. The number of nitrogens with one attached hydrogen (secondary N) is 1. The van der Waals surface area contributed by atoms with Gasteiger partial charge in [-0.25, -0.2) is 15.2 Å². The summed E-state index contributed by atoms with van der Waals surface area (Å²) in [5.74, 6) is -0.163. The van der Waals surface area contributed by atoms with Crippen LogP contribution in [-0.2, 0) is 27.3 Å². The van der Waals surface area contributed by atoms with Crippen molar-refractivity contribution in [2.75, 3.05) is 11.6 Å². The number of rotatable bonds is 6. The van der Waals surface area contributed by atoms with Crippen LogP contribution in [0, 0.1) is 0 Å². The molecule has 1 aliphatic rings. The highest BCUT2D eigenvalue weighted by Gasteiger charge is 2.29. The molecule has 0 unspecified atom stereocenters. The summed E-state index contributed by atoms with van der Waals surface area (Å²) in [5.41, 5.74) is 4.47. The van der Waals surface area contributed by atoms with Gasteiger partial charge in [0.05, 0.1) is 18.9 Å². The molecule has 1 aliphatic heterocycles. The Morgan fingerprint density at radius 2 is 1.78 bits per heavy atom. The van der Waals surface area contributed by atoms with Crippen molar-refractivity contribution in [3.8, 4) is 0 Å². The van der Waals surface area contributed by atoms with Crippen LogP contribution in [0.5, 0.6) is 0 Å². The first kappa shape index (κ1) is 18.9. The van der Waals surface area contributed by atoms with Crippen LogP contribution >= 0.6 is 0 Å². The largest absolute Gasteiger partial charge is 0.440 e. The maximum Gasteiger partial charge on any atom is 0.427 e. The highest BCUT2D eigenvalue weighted by molar-refractivity contribution is 5.98. The van der Waals surface area contributed by atoms with Gasteiger partial charge in [-0.1, -0.05) is 48.5 Å². The van der Waals surface area contributed by atoms with Gasteiger partial charge in [-0.15, -0.1) is 0 Å². The van der Waals surface area contributed by atoms with Crippen LogP contribution in [0.1, 0.15) is 31.4 Å². The SMILES string of the molecule is CC(C)(COCc1ccccc1)OC(=O)NN1C(=O)CCc2ccccc21. The number of hydrogen-bond donors (Lipinski definition) is 1. The molecule has 0 saturated carbocycles. The van der Waals surface area contributed by atoms with Gasteiger partial charge in [0.2, 0.25) is 5.91 Å². The molecular formula is C21H24N2O4. The van der Waals surface area contributed by atoms with Crippen molar-refractivity contribution in [1.82, 2.24) is 5.43 Å². The van der Waals surface area contributed by atoms with Crippen LogP contribution in [-0.4, -0.2) is 24.2 Å². The van der Waals surface area contributed by atoms with E-state index >= 15 is 0 Å². The average molecular weight is 368 g/mol. The molecule has 1 heterocycles. The Balaban J connectivity index is 1.54. The third-order valence-electron chi connectivity index (χ3n) is 4.22. The highest BCUT2D eigenvalue weighted by Crippen LogP contribution is 2.26. The molecule has 27 heavy (non-hydrogen) atoms. The van der Waals surface area contributed by atoms with E-state index in [1.807, 2.05) is 48.5 Å². The van der Waals surface area contributed by atoms with Crippen LogP contribution in [0.25, 0.3) is 0 Å². The lowest BCUT2D eigenvalue weighted by Crippen LogP contribution is -2.51. The predicted molar refractivity (Wildman–Crippen MR) is 102 cm³/mol. The van der Waals surface area contributed by atoms with Gasteiger partial charge in [0.15, 0.2) is 0 Å². The predicted octanol–water partition coefficient (Wildman–Crippen LogP) is 3.60. The van der Waals surface area contributed by atoms with E-state index < -0.39 is 11.7 Å². The summed E-state index contributed by atoms with van der Waals surface area (Å²) in [4.78, 5) is 24.6. The molecule has 142 valence electrons. The molecule has 0 saturated heterocycles. The number of carbonyl (C=O) groups is 2. The maximum absolute atomic E-state index is 12.3. The van der Waals surface area contributed by atoms with Gasteiger partial charge in [-0.2, -0.15) is 0 Å². The minimum Gasteiger partial charge on any atom is -0.440 e. The lowest BCUT2D eigenvalue weighted by Gasteiger charge is -2.31. The molecule has 0 atom stereocenters. The van der Waals surface area contributed by atoms with Gasteiger partial charge >= 0.3 is 6.09 Å². The molecule has 6 nitrogen and oxygen atoms in total. The topological polar surface area (TPSA) is 67.9 Å². The standard InChI is InChI=1S/C21H24N2O4/c1-21(2,15-26-14-16-8-4-3-5-9-16)27-20(25)22-23-18-11-7-6-10-17(18)12-13-19(23)24/h3-11H,12-15H2,1-2H3,(H,22,25). The highest BCUT2D eigenvalue weighted by atomic mass is 16.6. The van der Waals surface area contributed by atoms with Gasteiger partial charge < -0.3 is 9.47 Å². The van der Waals surface area contributed by atoms with E-state index in [1.165, 1.54) is 5.01 Å². The van der Waals surface area contributed by atoms with Gasteiger partial charge in [-0.05, 0) is 37.5 Å². The van der Waals surface area contributed by atoms with Crippen LogP contribution in [0.15, 0.2) is 54.6 Å². The summed E-state index contributed by atoms with van der Waals surface area (Å²) in [5, 5.41) is 1.27. The number of nitrogens with zero attached hydrogens (tertiary/aromatic N) is 1. The van der Waals surface area contributed by atoms with Crippen molar-refractivity contribution in [2.24, 2.45) is 0 Å². The van der Waals surface area contributed by atoms with Crippen LogP contribution in [0.2, 0.25) is 0 Å². The first-order valence-electron chi connectivity index (χ1n) is 8.97. The summed E-state index contributed by atoms with van der Waals surface area (Å²) in [6.45, 7) is 4.21. The fourth-order valence-corrected chi connectivity index (χ4v) is 2.93. The normalized spacial score (nSPS) is 13.9. The minimum absolute atomic E-state index is 0.163. The molecule has 2 aromatic carbocycles. The van der Waals surface area contributed by atoms with Gasteiger partial charge in [0, 0.05) is 6.42 Å². The number of hydrazine groups is 1. The van der Waals surface area contributed by atoms with Crippen LogP contribution in [0.3, 0.4) is 0 Å². The monoisotopic (exact) mass is 368 g/mol. The Bertz CT molecular complexity index is 805. The summed E-state index contributed by atoms with van der Waals surface area (Å²) >= 11 is 0. The Kier molecular flexibility index (Phi) is 5.76. The van der Waals surface area contributed by atoms with E-state index in [2.05, 4.69) is 5.43 Å². The fraction of sp³-hybridized carbons (Fsp3) is 0.333. The zero-order valence-electron chi connectivity index (χ0n) is 15.6.